The maximum atomic E-state index is 5.25. The second-order valence-electron chi connectivity index (χ2n) is 4.36. The van der Waals surface area contributed by atoms with E-state index >= 15 is 0 Å². The minimum atomic E-state index is 0.854. The molecule has 0 fully saturated rings. The summed E-state index contributed by atoms with van der Waals surface area (Å²) in [4.78, 5) is 0. The maximum absolute atomic E-state index is 5.25. The molecule has 3 rings (SSSR count). The molecule has 0 saturated carbocycles. The molecule has 98 valence electrons. The molecule has 0 atom stereocenters. The van der Waals surface area contributed by atoms with Gasteiger partial charge in [0.15, 0.2) is 0 Å². The van der Waals surface area contributed by atoms with E-state index in [9.17, 15) is 0 Å². The Morgan fingerprint density at radius 1 is 0.550 bits per heavy atom. The van der Waals surface area contributed by atoms with Gasteiger partial charge in [0.1, 0.15) is 11.5 Å². The van der Waals surface area contributed by atoms with Crippen LogP contribution in [0.3, 0.4) is 0 Å². The lowest BCUT2D eigenvalue weighted by Crippen LogP contribution is -1.74. The summed E-state index contributed by atoms with van der Waals surface area (Å²) in [6.07, 6.45) is 11.3. The first-order valence-electron chi connectivity index (χ1n) is 6.43. The number of hydrogen-bond acceptors (Lipinski definition) is 2. The molecular formula is C18H14O2. The third-order valence-corrected chi connectivity index (χ3v) is 2.90. The van der Waals surface area contributed by atoms with Gasteiger partial charge in [-0.1, -0.05) is 36.4 Å². The van der Waals surface area contributed by atoms with E-state index in [1.54, 1.807) is 12.5 Å². The zero-order chi connectivity index (χ0) is 13.6. The standard InChI is InChI=1S/C18H14O2/c1-3-17(19-13-1)11-9-15-5-7-16(8-6-15)10-12-18-4-2-14-20-18/h1-14H/b11-9+,12-10+. The minimum Gasteiger partial charge on any atom is -0.465 e. The number of furan rings is 2. The Kier molecular flexibility index (Phi) is 3.65. The van der Waals surface area contributed by atoms with Crippen LogP contribution in [0.5, 0.6) is 0 Å². The van der Waals surface area contributed by atoms with Gasteiger partial charge in [0.25, 0.3) is 0 Å². The molecule has 2 heteroatoms. The van der Waals surface area contributed by atoms with Crippen LogP contribution in [-0.2, 0) is 0 Å². The molecular weight excluding hydrogens is 248 g/mol. The summed E-state index contributed by atoms with van der Waals surface area (Å²) in [6.45, 7) is 0. The molecule has 3 aromatic rings. The first-order valence-corrected chi connectivity index (χ1v) is 6.43. The predicted molar refractivity (Wildman–Crippen MR) is 81.7 cm³/mol. The molecule has 0 spiro atoms. The van der Waals surface area contributed by atoms with Crippen LogP contribution in [0.15, 0.2) is 69.9 Å². The molecule has 20 heavy (non-hydrogen) atoms. The van der Waals surface area contributed by atoms with Gasteiger partial charge >= 0.3 is 0 Å². The van der Waals surface area contributed by atoms with Crippen molar-refractivity contribution in [3.05, 3.63) is 83.7 Å². The molecule has 2 aromatic heterocycles. The lowest BCUT2D eigenvalue weighted by Gasteiger charge is -1.95. The molecule has 2 nitrogen and oxygen atoms in total. The highest BCUT2D eigenvalue weighted by atomic mass is 16.3. The van der Waals surface area contributed by atoms with Gasteiger partial charge in [0.2, 0.25) is 0 Å². The van der Waals surface area contributed by atoms with Gasteiger partial charge in [-0.2, -0.15) is 0 Å². The van der Waals surface area contributed by atoms with Crippen LogP contribution < -0.4 is 0 Å². The average molecular weight is 262 g/mol. The highest BCUT2D eigenvalue weighted by Crippen LogP contribution is 2.12. The predicted octanol–water partition coefficient (Wildman–Crippen LogP) is 5.21. The van der Waals surface area contributed by atoms with Gasteiger partial charge in [-0.25, -0.2) is 0 Å². The van der Waals surface area contributed by atoms with Crippen molar-refractivity contribution < 1.29 is 8.83 Å². The second-order valence-corrected chi connectivity index (χ2v) is 4.36. The van der Waals surface area contributed by atoms with E-state index in [-0.39, 0.29) is 0 Å². The largest absolute Gasteiger partial charge is 0.465 e. The Labute approximate surface area is 117 Å². The molecule has 0 amide bonds. The summed E-state index contributed by atoms with van der Waals surface area (Å²) >= 11 is 0. The molecule has 0 radical (unpaired) electrons. The van der Waals surface area contributed by atoms with Crippen LogP contribution in [-0.4, -0.2) is 0 Å². The molecule has 0 N–H and O–H groups in total. The van der Waals surface area contributed by atoms with Crippen molar-refractivity contribution >= 4 is 24.3 Å². The first-order chi connectivity index (χ1) is 9.90. The second kappa shape index (κ2) is 5.93. The fourth-order valence-corrected chi connectivity index (χ4v) is 1.85. The Bertz CT molecular complexity index is 621. The normalized spacial score (nSPS) is 11.6. The molecule has 0 bridgehead atoms. The Morgan fingerprint density at radius 3 is 1.35 bits per heavy atom. The molecule has 0 aliphatic rings. The monoisotopic (exact) mass is 262 g/mol. The van der Waals surface area contributed by atoms with E-state index in [0.717, 1.165) is 22.6 Å². The zero-order valence-corrected chi connectivity index (χ0v) is 10.9. The molecule has 1 aromatic carbocycles. The van der Waals surface area contributed by atoms with Crippen molar-refractivity contribution in [3.63, 3.8) is 0 Å². The van der Waals surface area contributed by atoms with Gasteiger partial charge in [-0.15, -0.1) is 0 Å². The van der Waals surface area contributed by atoms with Crippen LogP contribution in [0.2, 0.25) is 0 Å². The zero-order valence-electron chi connectivity index (χ0n) is 10.9. The number of hydrogen-bond donors (Lipinski definition) is 0. The van der Waals surface area contributed by atoms with Gasteiger partial charge in [0, 0.05) is 0 Å². The van der Waals surface area contributed by atoms with Crippen LogP contribution in [0.4, 0.5) is 0 Å². The highest BCUT2D eigenvalue weighted by Gasteiger charge is 1.92. The Hall–Kier alpha value is -2.74. The lowest BCUT2D eigenvalue weighted by molar-refractivity contribution is 0.557. The smallest absolute Gasteiger partial charge is 0.126 e. The van der Waals surface area contributed by atoms with Gasteiger partial charge in [-0.05, 0) is 47.5 Å². The van der Waals surface area contributed by atoms with Crippen LogP contribution in [0, 0.1) is 0 Å². The van der Waals surface area contributed by atoms with E-state index in [4.69, 9.17) is 8.83 Å². The maximum Gasteiger partial charge on any atom is 0.126 e. The molecule has 0 unspecified atom stereocenters. The van der Waals surface area contributed by atoms with E-state index in [0.29, 0.717) is 0 Å². The summed E-state index contributed by atoms with van der Waals surface area (Å²) < 4.78 is 10.5. The summed E-state index contributed by atoms with van der Waals surface area (Å²) in [6, 6.07) is 15.9. The topological polar surface area (TPSA) is 26.3 Å². The fraction of sp³-hybridized carbons (Fsp3) is 0. The van der Waals surface area contributed by atoms with Crippen molar-refractivity contribution in [3.8, 4) is 0 Å². The number of benzene rings is 1. The Morgan fingerprint density at radius 2 is 1.00 bits per heavy atom. The van der Waals surface area contributed by atoms with E-state index in [1.807, 2.05) is 48.6 Å². The summed E-state index contributed by atoms with van der Waals surface area (Å²) in [5.41, 5.74) is 2.27. The summed E-state index contributed by atoms with van der Waals surface area (Å²) in [5.74, 6) is 1.71. The number of rotatable bonds is 4. The van der Waals surface area contributed by atoms with Crippen molar-refractivity contribution in [1.29, 1.82) is 0 Å². The minimum absolute atomic E-state index is 0.854. The lowest BCUT2D eigenvalue weighted by atomic mass is 10.1. The van der Waals surface area contributed by atoms with Gasteiger partial charge in [0.05, 0.1) is 12.5 Å². The SMILES string of the molecule is C(=C\c1ccco1)/c1ccc(/C=C/c2ccco2)cc1. The van der Waals surface area contributed by atoms with Crippen LogP contribution in [0.25, 0.3) is 24.3 Å². The van der Waals surface area contributed by atoms with Crippen LogP contribution >= 0.6 is 0 Å². The molecule has 0 saturated heterocycles. The van der Waals surface area contributed by atoms with Crippen molar-refractivity contribution in [1.82, 2.24) is 0 Å². The van der Waals surface area contributed by atoms with E-state index in [2.05, 4.69) is 24.3 Å². The van der Waals surface area contributed by atoms with Gasteiger partial charge < -0.3 is 8.83 Å². The highest BCUT2D eigenvalue weighted by molar-refractivity contribution is 5.71. The summed E-state index contributed by atoms with van der Waals surface area (Å²) in [5, 5.41) is 0. The van der Waals surface area contributed by atoms with E-state index in [1.165, 1.54) is 0 Å². The Balaban J connectivity index is 1.68. The van der Waals surface area contributed by atoms with Gasteiger partial charge in [-0.3, -0.25) is 0 Å². The fourth-order valence-electron chi connectivity index (χ4n) is 1.85. The van der Waals surface area contributed by atoms with Crippen molar-refractivity contribution in [2.45, 2.75) is 0 Å². The third kappa shape index (κ3) is 3.18. The molecule has 0 aliphatic carbocycles. The molecule has 0 aliphatic heterocycles. The van der Waals surface area contributed by atoms with Crippen LogP contribution in [0.1, 0.15) is 22.6 Å². The van der Waals surface area contributed by atoms with Crippen molar-refractivity contribution in [2.24, 2.45) is 0 Å². The third-order valence-electron chi connectivity index (χ3n) is 2.90. The summed E-state index contributed by atoms with van der Waals surface area (Å²) in [7, 11) is 0. The first kappa shape index (κ1) is 12.3. The van der Waals surface area contributed by atoms with Crippen molar-refractivity contribution in [2.75, 3.05) is 0 Å². The van der Waals surface area contributed by atoms with E-state index < -0.39 is 0 Å². The molecule has 2 heterocycles. The average Bonchev–Trinajstić information content (AvgIpc) is 3.17. The quantitative estimate of drug-likeness (QED) is 0.644.